The molecule has 0 bridgehead atoms. The Labute approximate surface area is 163 Å². The summed E-state index contributed by atoms with van der Waals surface area (Å²) in [5.41, 5.74) is 2.90. The third-order valence-electron chi connectivity index (χ3n) is 4.15. The molecule has 0 aliphatic heterocycles. The van der Waals surface area contributed by atoms with Crippen LogP contribution in [-0.2, 0) is 6.42 Å². The fourth-order valence-corrected chi connectivity index (χ4v) is 2.61. The molecule has 1 amide bonds. The molecule has 0 fully saturated rings. The van der Waals surface area contributed by atoms with Crippen LogP contribution in [0.3, 0.4) is 0 Å². The summed E-state index contributed by atoms with van der Waals surface area (Å²) in [5.74, 6) is 1.20. The molecule has 3 rings (SSSR count). The predicted octanol–water partition coefficient (Wildman–Crippen LogP) is 4.05. The molecule has 0 spiro atoms. The maximum absolute atomic E-state index is 12.5. The number of carbonyl (C=O) groups is 1. The third kappa shape index (κ3) is 4.56. The van der Waals surface area contributed by atoms with Crippen LogP contribution in [-0.4, -0.2) is 30.1 Å². The van der Waals surface area contributed by atoms with Crippen LogP contribution in [0.5, 0.6) is 11.5 Å². The molecule has 0 atom stereocenters. The Morgan fingerprint density at radius 1 is 0.964 bits per heavy atom. The van der Waals surface area contributed by atoms with Gasteiger partial charge in [0.2, 0.25) is 5.95 Å². The van der Waals surface area contributed by atoms with Crippen molar-refractivity contribution in [2.45, 2.75) is 13.3 Å². The van der Waals surface area contributed by atoms with Crippen molar-refractivity contribution in [1.29, 1.82) is 0 Å². The molecule has 1 heterocycles. The number of rotatable bonds is 7. The first-order valence-corrected chi connectivity index (χ1v) is 8.85. The Morgan fingerprint density at radius 2 is 1.68 bits per heavy atom. The minimum Gasteiger partial charge on any atom is -0.493 e. The molecule has 0 unspecified atom stereocenters. The number of hydrogen-bond donors (Lipinski definition) is 2. The highest BCUT2D eigenvalue weighted by atomic mass is 16.5. The zero-order valence-corrected chi connectivity index (χ0v) is 16.0. The molecule has 2 aromatic carbocycles. The molecular weight excluding hydrogens is 356 g/mol. The molecular formula is C21H22N4O3. The van der Waals surface area contributed by atoms with E-state index in [1.54, 1.807) is 32.4 Å². The standard InChI is InChI=1S/C21H22N4O3/c1-4-14-5-7-15(8-6-14)23-20(26)17-11-12-22-21(25-17)24-16-9-10-18(27-2)19(13-16)28-3/h5-13H,4H2,1-3H3,(H,23,26)(H,22,24,25). The van der Waals surface area contributed by atoms with E-state index in [-0.39, 0.29) is 11.6 Å². The fourth-order valence-electron chi connectivity index (χ4n) is 2.61. The lowest BCUT2D eigenvalue weighted by Gasteiger charge is -2.11. The Hall–Kier alpha value is -3.61. The summed E-state index contributed by atoms with van der Waals surface area (Å²) in [6, 6.07) is 14.6. The summed E-state index contributed by atoms with van der Waals surface area (Å²) < 4.78 is 10.5. The summed E-state index contributed by atoms with van der Waals surface area (Å²) in [6.45, 7) is 2.08. The maximum Gasteiger partial charge on any atom is 0.274 e. The molecule has 0 aliphatic carbocycles. The molecule has 2 N–H and O–H groups in total. The zero-order chi connectivity index (χ0) is 19.9. The maximum atomic E-state index is 12.5. The Kier molecular flexibility index (Phi) is 6.06. The molecule has 0 aliphatic rings. The van der Waals surface area contributed by atoms with Gasteiger partial charge in [0.15, 0.2) is 11.5 Å². The van der Waals surface area contributed by atoms with Crippen molar-refractivity contribution in [1.82, 2.24) is 9.97 Å². The van der Waals surface area contributed by atoms with Crippen LogP contribution >= 0.6 is 0 Å². The molecule has 144 valence electrons. The van der Waals surface area contributed by atoms with Gasteiger partial charge in [0.1, 0.15) is 5.69 Å². The van der Waals surface area contributed by atoms with Gasteiger partial charge in [-0.15, -0.1) is 0 Å². The number of aromatic nitrogens is 2. The molecule has 28 heavy (non-hydrogen) atoms. The molecule has 7 heteroatoms. The van der Waals surface area contributed by atoms with E-state index in [0.717, 1.165) is 12.1 Å². The topological polar surface area (TPSA) is 85.4 Å². The minimum absolute atomic E-state index is 0.262. The molecule has 0 saturated heterocycles. The molecule has 1 aromatic heterocycles. The zero-order valence-electron chi connectivity index (χ0n) is 16.0. The summed E-state index contributed by atoms with van der Waals surface area (Å²) in [4.78, 5) is 21.0. The smallest absolute Gasteiger partial charge is 0.274 e. The van der Waals surface area contributed by atoms with Gasteiger partial charge in [-0.25, -0.2) is 9.97 Å². The minimum atomic E-state index is -0.304. The Bertz CT molecular complexity index is 958. The second kappa shape index (κ2) is 8.85. The van der Waals surface area contributed by atoms with Gasteiger partial charge in [-0.2, -0.15) is 0 Å². The quantitative estimate of drug-likeness (QED) is 0.645. The number of benzene rings is 2. The van der Waals surface area contributed by atoms with Gasteiger partial charge in [-0.3, -0.25) is 4.79 Å². The average molecular weight is 378 g/mol. The first kappa shape index (κ1) is 19.2. The van der Waals surface area contributed by atoms with Crippen LogP contribution in [0.15, 0.2) is 54.7 Å². The largest absolute Gasteiger partial charge is 0.493 e. The SMILES string of the molecule is CCc1ccc(NC(=O)c2ccnc(Nc3ccc(OC)c(OC)c3)n2)cc1. The highest BCUT2D eigenvalue weighted by molar-refractivity contribution is 6.03. The van der Waals surface area contributed by atoms with Crippen molar-refractivity contribution in [3.63, 3.8) is 0 Å². The fraction of sp³-hybridized carbons (Fsp3) is 0.190. The number of methoxy groups -OCH3 is 2. The van der Waals surface area contributed by atoms with Gasteiger partial charge in [0.05, 0.1) is 14.2 Å². The summed E-state index contributed by atoms with van der Waals surface area (Å²) >= 11 is 0. The number of aryl methyl sites for hydroxylation is 1. The number of nitrogens with one attached hydrogen (secondary N) is 2. The summed E-state index contributed by atoms with van der Waals surface area (Å²) in [6.07, 6.45) is 2.48. The lowest BCUT2D eigenvalue weighted by atomic mass is 10.1. The number of ether oxygens (including phenoxy) is 2. The van der Waals surface area contributed by atoms with Gasteiger partial charge in [0, 0.05) is 23.6 Å². The van der Waals surface area contributed by atoms with Crippen LogP contribution in [0.4, 0.5) is 17.3 Å². The van der Waals surface area contributed by atoms with E-state index >= 15 is 0 Å². The van der Waals surface area contributed by atoms with Crippen LogP contribution in [0.25, 0.3) is 0 Å². The first-order chi connectivity index (χ1) is 13.6. The van der Waals surface area contributed by atoms with Crippen LogP contribution in [0.2, 0.25) is 0 Å². The molecule has 0 radical (unpaired) electrons. The molecule has 0 saturated carbocycles. The predicted molar refractivity (Wildman–Crippen MR) is 109 cm³/mol. The molecule has 7 nitrogen and oxygen atoms in total. The van der Waals surface area contributed by atoms with E-state index in [1.165, 1.54) is 11.8 Å². The van der Waals surface area contributed by atoms with Crippen LogP contribution in [0, 0.1) is 0 Å². The van der Waals surface area contributed by atoms with E-state index in [2.05, 4.69) is 27.5 Å². The van der Waals surface area contributed by atoms with Crippen LogP contribution < -0.4 is 20.1 Å². The first-order valence-electron chi connectivity index (χ1n) is 8.85. The number of amides is 1. The Morgan fingerprint density at radius 3 is 2.36 bits per heavy atom. The van der Waals surface area contributed by atoms with Crippen molar-refractivity contribution in [3.05, 3.63) is 66.0 Å². The second-order valence-electron chi connectivity index (χ2n) is 5.96. The second-order valence-corrected chi connectivity index (χ2v) is 5.96. The van der Waals surface area contributed by atoms with Crippen LogP contribution in [0.1, 0.15) is 23.0 Å². The van der Waals surface area contributed by atoms with Crippen molar-refractivity contribution < 1.29 is 14.3 Å². The van der Waals surface area contributed by atoms with E-state index in [0.29, 0.717) is 23.1 Å². The monoisotopic (exact) mass is 378 g/mol. The number of nitrogens with zero attached hydrogens (tertiary/aromatic N) is 2. The number of anilines is 3. The third-order valence-corrected chi connectivity index (χ3v) is 4.15. The van der Waals surface area contributed by atoms with E-state index < -0.39 is 0 Å². The van der Waals surface area contributed by atoms with Gasteiger partial charge in [0.25, 0.3) is 5.91 Å². The van der Waals surface area contributed by atoms with Crippen molar-refractivity contribution in [2.24, 2.45) is 0 Å². The van der Waals surface area contributed by atoms with Gasteiger partial charge in [-0.05, 0) is 42.3 Å². The molecule has 3 aromatic rings. The van der Waals surface area contributed by atoms with Gasteiger partial charge < -0.3 is 20.1 Å². The average Bonchev–Trinajstić information content (AvgIpc) is 2.74. The Balaban J connectivity index is 1.73. The van der Waals surface area contributed by atoms with E-state index in [4.69, 9.17) is 9.47 Å². The highest BCUT2D eigenvalue weighted by Crippen LogP contribution is 2.30. The van der Waals surface area contributed by atoms with Gasteiger partial charge in [-0.1, -0.05) is 19.1 Å². The number of carbonyl (C=O) groups excluding carboxylic acids is 1. The van der Waals surface area contributed by atoms with E-state index in [9.17, 15) is 4.79 Å². The number of hydrogen-bond acceptors (Lipinski definition) is 6. The highest BCUT2D eigenvalue weighted by Gasteiger charge is 2.11. The van der Waals surface area contributed by atoms with E-state index in [1.807, 2.05) is 30.3 Å². The lowest BCUT2D eigenvalue weighted by molar-refractivity contribution is 0.102. The van der Waals surface area contributed by atoms with Crippen molar-refractivity contribution in [2.75, 3.05) is 24.9 Å². The van der Waals surface area contributed by atoms with Gasteiger partial charge >= 0.3 is 0 Å². The summed E-state index contributed by atoms with van der Waals surface area (Å²) in [5, 5.41) is 5.91. The van der Waals surface area contributed by atoms with Crippen molar-refractivity contribution in [3.8, 4) is 11.5 Å². The van der Waals surface area contributed by atoms with Crippen molar-refractivity contribution >= 4 is 23.2 Å². The normalized spacial score (nSPS) is 10.2. The summed E-state index contributed by atoms with van der Waals surface area (Å²) in [7, 11) is 3.14. The lowest BCUT2D eigenvalue weighted by Crippen LogP contribution is -2.14.